The number of benzene rings is 1. The van der Waals surface area contributed by atoms with Crippen molar-refractivity contribution in [2.75, 3.05) is 19.7 Å². The van der Waals surface area contributed by atoms with Crippen molar-refractivity contribution in [1.29, 1.82) is 0 Å². The van der Waals surface area contributed by atoms with Crippen molar-refractivity contribution in [3.63, 3.8) is 0 Å². The quantitative estimate of drug-likeness (QED) is 0.796. The Bertz CT molecular complexity index is 574. The standard InChI is InChI=1S/C20H32N2O3/c1-7-22(12-13-23)19(25)17(14(2)3)21-18(24)15-8-10-16(11-9-15)20(4,5)6/h8-11,14,17,23H,7,12-13H2,1-6H3,(H,21,24). The Balaban J connectivity index is 2.91. The highest BCUT2D eigenvalue weighted by Gasteiger charge is 2.28. The van der Waals surface area contributed by atoms with E-state index in [4.69, 9.17) is 5.11 Å². The summed E-state index contributed by atoms with van der Waals surface area (Å²) in [6, 6.07) is 6.88. The predicted octanol–water partition coefficient (Wildman–Crippen LogP) is 2.58. The van der Waals surface area contributed by atoms with Crippen LogP contribution in [0.3, 0.4) is 0 Å². The van der Waals surface area contributed by atoms with Gasteiger partial charge >= 0.3 is 0 Å². The number of aliphatic hydroxyl groups is 1. The highest BCUT2D eigenvalue weighted by molar-refractivity contribution is 5.97. The van der Waals surface area contributed by atoms with Crippen LogP contribution in [0.4, 0.5) is 0 Å². The molecule has 0 heterocycles. The van der Waals surface area contributed by atoms with Gasteiger partial charge in [-0.25, -0.2) is 0 Å². The third kappa shape index (κ3) is 5.85. The van der Waals surface area contributed by atoms with Gasteiger partial charge in [0.1, 0.15) is 6.04 Å². The molecule has 0 radical (unpaired) electrons. The van der Waals surface area contributed by atoms with Crippen LogP contribution in [0.5, 0.6) is 0 Å². The van der Waals surface area contributed by atoms with E-state index in [1.807, 2.05) is 32.9 Å². The highest BCUT2D eigenvalue weighted by Crippen LogP contribution is 2.22. The van der Waals surface area contributed by atoms with E-state index in [-0.39, 0.29) is 36.3 Å². The van der Waals surface area contributed by atoms with Crippen molar-refractivity contribution in [2.45, 2.75) is 53.0 Å². The summed E-state index contributed by atoms with van der Waals surface area (Å²) in [5, 5.41) is 12.0. The minimum Gasteiger partial charge on any atom is -0.395 e. The molecular formula is C20H32N2O3. The predicted molar refractivity (Wildman–Crippen MR) is 101 cm³/mol. The molecule has 1 rings (SSSR count). The van der Waals surface area contributed by atoms with Crippen LogP contribution in [0.2, 0.25) is 0 Å². The monoisotopic (exact) mass is 348 g/mol. The van der Waals surface area contributed by atoms with E-state index in [0.717, 1.165) is 5.56 Å². The van der Waals surface area contributed by atoms with Crippen molar-refractivity contribution < 1.29 is 14.7 Å². The maximum Gasteiger partial charge on any atom is 0.251 e. The van der Waals surface area contributed by atoms with Gasteiger partial charge in [0.2, 0.25) is 5.91 Å². The summed E-state index contributed by atoms with van der Waals surface area (Å²) >= 11 is 0. The number of amides is 2. The second kappa shape index (κ2) is 8.99. The van der Waals surface area contributed by atoms with E-state index >= 15 is 0 Å². The lowest BCUT2D eigenvalue weighted by atomic mass is 9.86. The molecule has 0 bridgehead atoms. The Morgan fingerprint density at radius 2 is 1.72 bits per heavy atom. The Morgan fingerprint density at radius 3 is 2.12 bits per heavy atom. The summed E-state index contributed by atoms with van der Waals surface area (Å²) in [6.07, 6.45) is 0. The fourth-order valence-corrected chi connectivity index (χ4v) is 2.60. The van der Waals surface area contributed by atoms with Gasteiger partial charge in [0, 0.05) is 18.7 Å². The zero-order chi connectivity index (χ0) is 19.2. The molecule has 1 aromatic rings. The van der Waals surface area contributed by atoms with Crippen LogP contribution in [0.15, 0.2) is 24.3 Å². The van der Waals surface area contributed by atoms with Crippen molar-refractivity contribution in [1.82, 2.24) is 10.2 Å². The highest BCUT2D eigenvalue weighted by atomic mass is 16.3. The second-order valence-corrected chi connectivity index (χ2v) is 7.66. The Labute approximate surface area is 151 Å². The molecule has 5 nitrogen and oxygen atoms in total. The normalized spacial score (nSPS) is 12.8. The number of carbonyl (C=O) groups is 2. The molecule has 0 aliphatic carbocycles. The lowest BCUT2D eigenvalue weighted by Crippen LogP contribution is -2.51. The number of hydrogen-bond acceptors (Lipinski definition) is 3. The molecule has 0 saturated carbocycles. The molecule has 0 aromatic heterocycles. The number of carbonyl (C=O) groups excluding carboxylic acids is 2. The molecule has 0 aliphatic rings. The fourth-order valence-electron chi connectivity index (χ4n) is 2.60. The van der Waals surface area contributed by atoms with E-state index in [9.17, 15) is 9.59 Å². The molecule has 0 fully saturated rings. The number of aliphatic hydroxyl groups excluding tert-OH is 1. The molecule has 2 N–H and O–H groups in total. The maximum atomic E-state index is 12.7. The van der Waals surface area contributed by atoms with Crippen molar-refractivity contribution in [2.24, 2.45) is 5.92 Å². The third-order valence-corrected chi connectivity index (χ3v) is 4.30. The van der Waals surface area contributed by atoms with Gasteiger partial charge in [-0.1, -0.05) is 46.8 Å². The van der Waals surface area contributed by atoms with Gasteiger partial charge in [0.25, 0.3) is 5.91 Å². The van der Waals surface area contributed by atoms with Gasteiger partial charge in [-0.15, -0.1) is 0 Å². The summed E-state index contributed by atoms with van der Waals surface area (Å²) in [6.45, 7) is 12.7. The number of nitrogens with zero attached hydrogens (tertiary/aromatic N) is 1. The summed E-state index contributed by atoms with van der Waals surface area (Å²) in [5.41, 5.74) is 1.72. The van der Waals surface area contributed by atoms with Crippen LogP contribution in [-0.2, 0) is 10.2 Å². The molecule has 25 heavy (non-hydrogen) atoms. The van der Waals surface area contributed by atoms with Crippen LogP contribution in [0.25, 0.3) is 0 Å². The first-order chi connectivity index (χ1) is 11.6. The van der Waals surface area contributed by atoms with E-state index in [2.05, 4.69) is 26.1 Å². The van der Waals surface area contributed by atoms with Crippen LogP contribution >= 0.6 is 0 Å². The molecule has 0 spiro atoms. The first-order valence-electron chi connectivity index (χ1n) is 8.92. The molecule has 140 valence electrons. The largest absolute Gasteiger partial charge is 0.395 e. The zero-order valence-corrected chi connectivity index (χ0v) is 16.3. The number of rotatable bonds is 7. The molecule has 0 saturated heterocycles. The lowest BCUT2D eigenvalue weighted by molar-refractivity contribution is -0.134. The second-order valence-electron chi connectivity index (χ2n) is 7.66. The van der Waals surface area contributed by atoms with Crippen molar-refractivity contribution in [3.05, 3.63) is 35.4 Å². The van der Waals surface area contributed by atoms with Crippen LogP contribution in [0.1, 0.15) is 57.5 Å². The van der Waals surface area contributed by atoms with Crippen molar-refractivity contribution in [3.8, 4) is 0 Å². The Morgan fingerprint density at radius 1 is 1.16 bits per heavy atom. The molecular weight excluding hydrogens is 316 g/mol. The van der Waals surface area contributed by atoms with E-state index in [0.29, 0.717) is 12.1 Å². The average Bonchev–Trinajstić information content (AvgIpc) is 2.55. The van der Waals surface area contributed by atoms with Crippen molar-refractivity contribution >= 4 is 11.8 Å². The molecule has 1 unspecified atom stereocenters. The third-order valence-electron chi connectivity index (χ3n) is 4.30. The van der Waals surface area contributed by atoms with Gasteiger partial charge < -0.3 is 15.3 Å². The van der Waals surface area contributed by atoms with Crippen LogP contribution in [-0.4, -0.2) is 47.6 Å². The minimum absolute atomic E-state index is 0.0252. The van der Waals surface area contributed by atoms with Gasteiger partial charge in [-0.2, -0.15) is 0 Å². The minimum atomic E-state index is -0.610. The SMILES string of the molecule is CCN(CCO)C(=O)C(NC(=O)c1ccc(C(C)(C)C)cc1)C(C)C. The summed E-state index contributed by atoms with van der Waals surface area (Å²) < 4.78 is 0. The lowest BCUT2D eigenvalue weighted by Gasteiger charge is -2.28. The number of likely N-dealkylation sites (N-methyl/N-ethyl adjacent to an activating group) is 1. The van der Waals surface area contributed by atoms with E-state index in [1.165, 1.54) is 0 Å². The number of hydrogen-bond donors (Lipinski definition) is 2. The van der Waals surface area contributed by atoms with Crippen LogP contribution in [0, 0.1) is 5.92 Å². The van der Waals surface area contributed by atoms with E-state index in [1.54, 1.807) is 17.0 Å². The number of nitrogens with one attached hydrogen (secondary N) is 1. The Hall–Kier alpha value is -1.88. The van der Waals surface area contributed by atoms with E-state index < -0.39 is 6.04 Å². The van der Waals surface area contributed by atoms with Crippen LogP contribution < -0.4 is 5.32 Å². The molecule has 1 atom stereocenters. The first-order valence-corrected chi connectivity index (χ1v) is 8.92. The molecule has 2 amide bonds. The van der Waals surface area contributed by atoms with Gasteiger partial charge in [0.15, 0.2) is 0 Å². The zero-order valence-electron chi connectivity index (χ0n) is 16.3. The Kier molecular flexibility index (Phi) is 7.61. The first kappa shape index (κ1) is 21.2. The van der Waals surface area contributed by atoms with Gasteiger partial charge in [0.05, 0.1) is 6.61 Å². The topological polar surface area (TPSA) is 69.6 Å². The smallest absolute Gasteiger partial charge is 0.251 e. The summed E-state index contributed by atoms with van der Waals surface area (Å²) in [5.74, 6) is -0.461. The fraction of sp³-hybridized carbons (Fsp3) is 0.600. The summed E-state index contributed by atoms with van der Waals surface area (Å²) in [4.78, 5) is 26.8. The molecule has 5 heteroatoms. The molecule has 0 aliphatic heterocycles. The van der Waals surface area contributed by atoms with Gasteiger partial charge in [-0.3, -0.25) is 9.59 Å². The average molecular weight is 348 g/mol. The molecule has 1 aromatic carbocycles. The maximum absolute atomic E-state index is 12.7. The summed E-state index contributed by atoms with van der Waals surface area (Å²) in [7, 11) is 0. The van der Waals surface area contributed by atoms with Gasteiger partial charge in [-0.05, 0) is 36.0 Å².